The SMILES string of the molecule is CCCCC(CCCC)(CCCC)CC[N+](=O)[O-]. The molecule has 0 aliphatic heterocycles. The van der Waals surface area contributed by atoms with Crippen molar-refractivity contribution in [3.05, 3.63) is 10.1 Å². The predicted molar refractivity (Wildman–Crippen MR) is 77.5 cm³/mol. The molecule has 0 aliphatic carbocycles. The summed E-state index contributed by atoms with van der Waals surface area (Å²) >= 11 is 0. The summed E-state index contributed by atoms with van der Waals surface area (Å²) in [7, 11) is 0. The quantitative estimate of drug-likeness (QED) is 0.356. The molecule has 0 radical (unpaired) electrons. The van der Waals surface area contributed by atoms with Crippen LogP contribution < -0.4 is 0 Å². The topological polar surface area (TPSA) is 43.1 Å². The van der Waals surface area contributed by atoms with Crippen LogP contribution >= 0.6 is 0 Å². The van der Waals surface area contributed by atoms with Crippen molar-refractivity contribution in [3.63, 3.8) is 0 Å². The molecule has 108 valence electrons. The van der Waals surface area contributed by atoms with Gasteiger partial charge in [-0.15, -0.1) is 0 Å². The second-order valence-electron chi connectivity index (χ2n) is 5.62. The van der Waals surface area contributed by atoms with Gasteiger partial charge < -0.3 is 0 Å². The van der Waals surface area contributed by atoms with Crippen LogP contribution in [0.5, 0.6) is 0 Å². The third kappa shape index (κ3) is 7.67. The molecule has 0 saturated heterocycles. The summed E-state index contributed by atoms with van der Waals surface area (Å²) in [6.45, 7) is 6.77. The van der Waals surface area contributed by atoms with Crippen LogP contribution in [0.25, 0.3) is 0 Å². The lowest BCUT2D eigenvalue weighted by Gasteiger charge is -2.33. The van der Waals surface area contributed by atoms with Crippen molar-refractivity contribution in [2.45, 2.75) is 85.0 Å². The number of hydrogen-bond acceptors (Lipinski definition) is 2. The van der Waals surface area contributed by atoms with Gasteiger partial charge in [-0.05, 0) is 24.7 Å². The Labute approximate surface area is 113 Å². The maximum absolute atomic E-state index is 10.7. The zero-order valence-electron chi connectivity index (χ0n) is 12.5. The molecule has 0 atom stereocenters. The molecule has 0 aromatic heterocycles. The zero-order valence-corrected chi connectivity index (χ0v) is 12.5. The van der Waals surface area contributed by atoms with Gasteiger partial charge in [-0.25, -0.2) is 0 Å². The standard InChI is InChI=1S/C15H31NO2/c1-4-7-10-15(11-8-5-2,12-9-6-3)13-14-16(17)18/h4-14H2,1-3H3. The maximum Gasteiger partial charge on any atom is 0.204 e. The van der Waals surface area contributed by atoms with Crippen LogP contribution in [0.4, 0.5) is 0 Å². The van der Waals surface area contributed by atoms with Crippen LogP contribution in [0.3, 0.4) is 0 Å². The lowest BCUT2D eigenvalue weighted by molar-refractivity contribution is -0.483. The lowest BCUT2D eigenvalue weighted by Crippen LogP contribution is -2.24. The average Bonchev–Trinajstić information content (AvgIpc) is 2.37. The number of rotatable bonds is 12. The van der Waals surface area contributed by atoms with E-state index in [0.717, 1.165) is 6.42 Å². The smallest absolute Gasteiger partial charge is 0.204 e. The van der Waals surface area contributed by atoms with Gasteiger partial charge in [0.15, 0.2) is 0 Å². The third-order valence-electron chi connectivity index (χ3n) is 4.01. The Bertz CT molecular complexity index is 195. The predicted octanol–water partition coefficient (Wildman–Crippen LogP) is 5.21. The first-order valence-corrected chi connectivity index (χ1v) is 7.72. The molecule has 0 fully saturated rings. The molecule has 0 aromatic carbocycles. The fraction of sp³-hybridized carbons (Fsp3) is 1.00. The molecule has 0 rings (SSSR count). The Morgan fingerprint density at radius 2 is 1.22 bits per heavy atom. The van der Waals surface area contributed by atoms with Gasteiger partial charge in [0, 0.05) is 11.3 Å². The molecule has 0 heterocycles. The first kappa shape index (κ1) is 17.4. The fourth-order valence-corrected chi connectivity index (χ4v) is 2.73. The number of nitrogens with zero attached hydrogens (tertiary/aromatic N) is 1. The Morgan fingerprint density at radius 3 is 1.50 bits per heavy atom. The van der Waals surface area contributed by atoms with Crippen LogP contribution in [0, 0.1) is 15.5 Å². The monoisotopic (exact) mass is 257 g/mol. The van der Waals surface area contributed by atoms with E-state index in [2.05, 4.69) is 20.8 Å². The van der Waals surface area contributed by atoms with E-state index in [1.807, 2.05) is 0 Å². The van der Waals surface area contributed by atoms with Crippen molar-refractivity contribution >= 4 is 0 Å². The van der Waals surface area contributed by atoms with Gasteiger partial charge in [-0.3, -0.25) is 10.1 Å². The van der Waals surface area contributed by atoms with E-state index in [4.69, 9.17) is 0 Å². The largest absolute Gasteiger partial charge is 0.265 e. The van der Waals surface area contributed by atoms with Crippen molar-refractivity contribution in [1.29, 1.82) is 0 Å². The lowest BCUT2D eigenvalue weighted by atomic mass is 9.72. The first-order valence-electron chi connectivity index (χ1n) is 7.72. The van der Waals surface area contributed by atoms with E-state index in [1.165, 1.54) is 57.8 Å². The number of unbranched alkanes of at least 4 members (excludes halogenated alkanes) is 3. The van der Waals surface area contributed by atoms with Crippen LogP contribution in [-0.2, 0) is 0 Å². The van der Waals surface area contributed by atoms with Gasteiger partial charge in [0.2, 0.25) is 6.54 Å². The highest BCUT2D eigenvalue weighted by Gasteiger charge is 2.29. The Balaban J connectivity index is 4.55. The van der Waals surface area contributed by atoms with E-state index < -0.39 is 0 Å². The molecule has 3 heteroatoms. The van der Waals surface area contributed by atoms with Crippen molar-refractivity contribution in [2.24, 2.45) is 5.41 Å². The normalized spacial score (nSPS) is 11.7. The van der Waals surface area contributed by atoms with E-state index in [1.54, 1.807) is 0 Å². The van der Waals surface area contributed by atoms with Crippen molar-refractivity contribution in [2.75, 3.05) is 6.54 Å². The van der Waals surface area contributed by atoms with Crippen molar-refractivity contribution in [3.8, 4) is 0 Å². The Hall–Kier alpha value is -0.600. The van der Waals surface area contributed by atoms with Gasteiger partial charge in [0.25, 0.3) is 0 Å². The van der Waals surface area contributed by atoms with Crippen molar-refractivity contribution < 1.29 is 4.92 Å². The molecule has 0 N–H and O–H groups in total. The van der Waals surface area contributed by atoms with E-state index in [0.29, 0.717) is 0 Å². The highest BCUT2D eigenvalue weighted by atomic mass is 16.6. The molecular weight excluding hydrogens is 226 g/mol. The number of hydrogen-bond donors (Lipinski definition) is 0. The van der Waals surface area contributed by atoms with Crippen LogP contribution in [0.15, 0.2) is 0 Å². The molecule has 0 aromatic rings. The first-order chi connectivity index (χ1) is 8.60. The highest BCUT2D eigenvalue weighted by Crippen LogP contribution is 2.39. The van der Waals surface area contributed by atoms with Gasteiger partial charge in [-0.2, -0.15) is 0 Å². The fourth-order valence-electron chi connectivity index (χ4n) is 2.73. The summed E-state index contributed by atoms with van der Waals surface area (Å²) in [4.78, 5) is 10.5. The molecule has 0 aliphatic rings. The summed E-state index contributed by atoms with van der Waals surface area (Å²) in [5.41, 5.74) is 0.245. The second-order valence-corrected chi connectivity index (χ2v) is 5.62. The van der Waals surface area contributed by atoms with E-state index in [9.17, 15) is 10.1 Å². The summed E-state index contributed by atoms with van der Waals surface area (Å²) in [6.07, 6.45) is 11.5. The summed E-state index contributed by atoms with van der Waals surface area (Å²) in [5, 5.41) is 10.7. The van der Waals surface area contributed by atoms with Gasteiger partial charge in [0.05, 0.1) is 0 Å². The summed E-state index contributed by atoms with van der Waals surface area (Å²) in [5.74, 6) is 0. The Kier molecular flexibility index (Phi) is 9.99. The molecule has 0 spiro atoms. The second kappa shape index (κ2) is 10.3. The molecular formula is C15H31NO2. The molecule has 3 nitrogen and oxygen atoms in total. The highest BCUT2D eigenvalue weighted by molar-refractivity contribution is 4.79. The molecule has 18 heavy (non-hydrogen) atoms. The van der Waals surface area contributed by atoms with Crippen LogP contribution in [-0.4, -0.2) is 11.5 Å². The van der Waals surface area contributed by atoms with Gasteiger partial charge in [-0.1, -0.05) is 59.3 Å². The summed E-state index contributed by atoms with van der Waals surface area (Å²) in [6, 6.07) is 0. The molecule has 0 saturated carbocycles. The Morgan fingerprint density at radius 1 is 0.833 bits per heavy atom. The average molecular weight is 257 g/mol. The van der Waals surface area contributed by atoms with Gasteiger partial charge in [0.1, 0.15) is 0 Å². The summed E-state index contributed by atoms with van der Waals surface area (Å²) < 4.78 is 0. The van der Waals surface area contributed by atoms with Crippen LogP contribution in [0.2, 0.25) is 0 Å². The van der Waals surface area contributed by atoms with Crippen molar-refractivity contribution in [1.82, 2.24) is 0 Å². The van der Waals surface area contributed by atoms with Gasteiger partial charge >= 0.3 is 0 Å². The minimum absolute atomic E-state index is 0.140. The minimum Gasteiger partial charge on any atom is -0.265 e. The van der Waals surface area contributed by atoms with E-state index >= 15 is 0 Å². The van der Waals surface area contributed by atoms with Crippen LogP contribution in [0.1, 0.15) is 85.0 Å². The third-order valence-corrected chi connectivity index (χ3v) is 4.01. The molecule has 0 bridgehead atoms. The van der Waals surface area contributed by atoms with E-state index in [-0.39, 0.29) is 16.9 Å². The number of nitro groups is 1. The maximum atomic E-state index is 10.7. The zero-order chi connectivity index (χ0) is 13.9. The molecule has 0 unspecified atom stereocenters. The minimum atomic E-state index is -0.140. The molecule has 0 amide bonds.